The van der Waals surface area contributed by atoms with Crippen LogP contribution in [0.3, 0.4) is 0 Å². The maximum absolute atomic E-state index is 12.7. The summed E-state index contributed by atoms with van der Waals surface area (Å²) in [6.45, 7) is 0.484. The summed E-state index contributed by atoms with van der Waals surface area (Å²) in [7, 11) is 1.68. The van der Waals surface area contributed by atoms with E-state index >= 15 is 0 Å². The zero-order valence-corrected chi connectivity index (χ0v) is 15.3. The lowest BCUT2D eigenvalue weighted by Crippen LogP contribution is -2.27. The van der Waals surface area contributed by atoms with Crippen LogP contribution in [0.2, 0.25) is 0 Å². The molecule has 0 saturated carbocycles. The first kappa shape index (κ1) is 18.4. The van der Waals surface area contributed by atoms with Gasteiger partial charge in [0.25, 0.3) is 0 Å². The van der Waals surface area contributed by atoms with Gasteiger partial charge in [0.05, 0.1) is 21.6 Å². The monoisotopic (exact) mass is 423 g/mol. The van der Waals surface area contributed by atoms with Crippen molar-refractivity contribution in [2.45, 2.75) is 17.6 Å². The van der Waals surface area contributed by atoms with Crippen molar-refractivity contribution >= 4 is 44.9 Å². The molecule has 0 aliphatic rings. The molecule has 124 valence electrons. The number of rotatable bonds is 5. The van der Waals surface area contributed by atoms with Crippen molar-refractivity contribution in [3.05, 3.63) is 50.6 Å². The molecular weight excluding hydrogens is 411 g/mol. The highest BCUT2D eigenvalue weighted by Crippen LogP contribution is 2.32. The summed E-state index contributed by atoms with van der Waals surface area (Å²) >= 11 is 6.01. The number of thiophene rings is 1. The first-order chi connectivity index (χ1) is 10.8. The Morgan fingerprint density at radius 2 is 2.04 bits per heavy atom. The van der Waals surface area contributed by atoms with Gasteiger partial charge in [0.15, 0.2) is 0 Å². The Hall–Kier alpha value is -0.990. The van der Waals surface area contributed by atoms with Crippen LogP contribution in [-0.2, 0) is 17.5 Å². The second-order valence-corrected chi connectivity index (χ2v) is 8.37. The first-order valence-electron chi connectivity index (χ1n) is 6.54. The molecule has 0 unspecified atom stereocenters. The Balaban J connectivity index is 1.91. The van der Waals surface area contributed by atoms with Gasteiger partial charge in [0.2, 0.25) is 5.91 Å². The van der Waals surface area contributed by atoms with E-state index < -0.39 is 11.7 Å². The number of alkyl halides is 3. The average molecular weight is 424 g/mol. The molecule has 2 nitrogen and oxygen atoms in total. The van der Waals surface area contributed by atoms with Crippen LogP contribution in [0.1, 0.15) is 10.4 Å². The minimum absolute atomic E-state index is 0.102. The Morgan fingerprint density at radius 1 is 1.30 bits per heavy atom. The maximum Gasteiger partial charge on any atom is 0.416 e. The number of hydrogen-bond acceptors (Lipinski definition) is 3. The molecule has 0 N–H and O–H groups in total. The Kier molecular flexibility index (Phi) is 6.16. The lowest BCUT2D eigenvalue weighted by atomic mass is 10.2. The zero-order valence-electron chi connectivity index (χ0n) is 12.1. The van der Waals surface area contributed by atoms with Crippen molar-refractivity contribution < 1.29 is 18.0 Å². The van der Waals surface area contributed by atoms with E-state index in [0.29, 0.717) is 11.4 Å². The van der Waals surface area contributed by atoms with Crippen LogP contribution in [0.25, 0.3) is 0 Å². The predicted octanol–water partition coefficient (Wildman–Crippen LogP) is 5.28. The van der Waals surface area contributed by atoms with Crippen LogP contribution in [-0.4, -0.2) is 23.6 Å². The van der Waals surface area contributed by atoms with Gasteiger partial charge in [-0.3, -0.25) is 4.79 Å². The largest absolute Gasteiger partial charge is 0.416 e. The fourth-order valence-corrected chi connectivity index (χ4v) is 4.21. The zero-order chi connectivity index (χ0) is 17.0. The van der Waals surface area contributed by atoms with Crippen LogP contribution < -0.4 is 0 Å². The molecule has 1 aromatic carbocycles. The standard InChI is InChI=1S/C15H13BrF3NOS2/c1-20(8-12-5-6-13(16)23-12)14(21)9-22-11-4-2-3-10(7-11)15(17,18)19/h2-7H,8-9H2,1H3. The molecule has 2 rings (SSSR count). The molecule has 23 heavy (non-hydrogen) atoms. The third kappa shape index (κ3) is 5.54. The van der Waals surface area contributed by atoms with Crippen molar-refractivity contribution in [1.82, 2.24) is 4.90 Å². The van der Waals surface area contributed by atoms with Crippen molar-refractivity contribution in [2.75, 3.05) is 12.8 Å². The number of carbonyl (C=O) groups excluding carboxylic acids is 1. The van der Waals surface area contributed by atoms with E-state index in [-0.39, 0.29) is 11.7 Å². The van der Waals surface area contributed by atoms with Crippen molar-refractivity contribution in [1.29, 1.82) is 0 Å². The third-order valence-electron chi connectivity index (χ3n) is 2.97. The summed E-state index contributed by atoms with van der Waals surface area (Å²) in [5.41, 5.74) is -0.702. The molecular formula is C15H13BrF3NOS2. The minimum atomic E-state index is -4.37. The van der Waals surface area contributed by atoms with Gasteiger partial charge in [0, 0.05) is 16.8 Å². The molecule has 0 aliphatic carbocycles. The molecule has 0 bridgehead atoms. The second kappa shape index (κ2) is 7.72. The highest BCUT2D eigenvalue weighted by atomic mass is 79.9. The van der Waals surface area contributed by atoms with Crippen LogP contribution in [0, 0.1) is 0 Å². The minimum Gasteiger partial charge on any atom is -0.340 e. The normalized spacial score (nSPS) is 11.5. The summed E-state index contributed by atoms with van der Waals surface area (Å²) in [6, 6.07) is 8.85. The molecule has 1 heterocycles. The lowest BCUT2D eigenvalue weighted by molar-refractivity contribution is -0.137. The van der Waals surface area contributed by atoms with E-state index in [0.717, 1.165) is 32.6 Å². The van der Waals surface area contributed by atoms with Crippen molar-refractivity contribution in [2.24, 2.45) is 0 Å². The summed E-state index contributed by atoms with van der Waals surface area (Å²) in [6.07, 6.45) is -4.37. The summed E-state index contributed by atoms with van der Waals surface area (Å²) in [5.74, 6) is -0.0263. The van der Waals surface area contributed by atoms with Crippen molar-refractivity contribution in [3.63, 3.8) is 0 Å². The van der Waals surface area contributed by atoms with Gasteiger partial charge in [-0.15, -0.1) is 23.1 Å². The average Bonchev–Trinajstić information content (AvgIpc) is 2.89. The van der Waals surface area contributed by atoms with Gasteiger partial charge in [-0.25, -0.2) is 0 Å². The number of carbonyl (C=O) groups is 1. The van der Waals surface area contributed by atoms with E-state index in [2.05, 4.69) is 15.9 Å². The first-order valence-corrected chi connectivity index (χ1v) is 9.13. The maximum atomic E-state index is 12.7. The van der Waals surface area contributed by atoms with Crippen LogP contribution in [0.5, 0.6) is 0 Å². The number of thioether (sulfide) groups is 1. The van der Waals surface area contributed by atoms with E-state index in [1.807, 2.05) is 12.1 Å². The summed E-state index contributed by atoms with van der Waals surface area (Å²) in [5, 5.41) is 0. The van der Waals surface area contributed by atoms with E-state index in [1.54, 1.807) is 29.4 Å². The molecule has 0 spiro atoms. The Bertz CT molecular complexity index is 687. The van der Waals surface area contributed by atoms with Gasteiger partial charge in [-0.2, -0.15) is 13.2 Å². The highest BCUT2D eigenvalue weighted by molar-refractivity contribution is 9.11. The molecule has 1 amide bonds. The highest BCUT2D eigenvalue weighted by Gasteiger charge is 2.30. The third-order valence-corrected chi connectivity index (χ3v) is 5.56. The molecule has 8 heteroatoms. The molecule has 1 aromatic heterocycles. The number of hydrogen-bond donors (Lipinski definition) is 0. The van der Waals surface area contributed by atoms with Crippen LogP contribution >= 0.6 is 39.0 Å². The quantitative estimate of drug-likeness (QED) is 0.609. The van der Waals surface area contributed by atoms with E-state index in [9.17, 15) is 18.0 Å². The number of halogens is 4. The number of benzene rings is 1. The molecule has 0 radical (unpaired) electrons. The van der Waals surface area contributed by atoms with Gasteiger partial charge in [-0.1, -0.05) is 6.07 Å². The van der Waals surface area contributed by atoms with Crippen LogP contribution in [0.4, 0.5) is 13.2 Å². The Morgan fingerprint density at radius 3 is 2.65 bits per heavy atom. The topological polar surface area (TPSA) is 20.3 Å². The summed E-state index contributed by atoms with van der Waals surface area (Å²) < 4.78 is 38.9. The van der Waals surface area contributed by atoms with Crippen LogP contribution in [0.15, 0.2) is 45.1 Å². The Labute approximate surface area is 148 Å². The molecule has 0 atom stereocenters. The number of nitrogens with zero attached hydrogens (tertiary/aromatic N) is 1. The predicted molar refractivity (Wildman–Crippen MR) is 90.7 cm³/mol. The van der Waals surface area contributed by atoms with E-state index in [4.69, 9.17) is 0 Å². The summed E-state index contributed by atoms with van der Waals surface area (Å²) in [4.78, 5) is 15.1. The molecule has 0 fully saturated rings. The van der Waals surface area contributed by atoms with Gasteiger partial charge < -0.3 is 4.90 Å². The molecule has 2 aromatic rings. The number of amides is 1. The fraction of sp³-hybridized carbons (Fsp3) is 0.267. The van der Waals surface area contributed by atoms with Crippen molar-refractivity contribution in [3.8, 4) is 0 Å². The van der Waals surface area contributed by atoms with Gasteiger partial charge in [0.1, 0.15) is 0 Å². The SMILES string of the molecule is CN(Cc1ccc(Br)s1)C(=O)CSc1cccc(C(F)(F)F)c1. The smallest absolute Gasteiger partial charge is 0.340 e. The van der Waals surface area contributed by atoms with Gasteiger partial charge >= 0.3 is 6.18 Å². The second-order valence-electron chi connectivity index (χ2n) is 4.77. The van der Waals surface area contributed by atoms with Gasteiger partial charge in [-0.05, 0) is 46.3 Å². The molecule has 0 saturated heterocycles. The lowest BCUT2D eigenvalue weighted by Gasteiger charge is -2.16. The fourth-order valence-electron chi connectivity index (χ4n) is 1.78. The molecule has 0 aliphatic heterocycles. The van der Waals surface area contributed by atoms with E-state index in [1.165, 1.54) is 6.07 Å².